The van der Waals surface area contributed by atoms with Crippen LogP contribution in [-0.2, 0) is 0 Å². The minimum absolute atomic E-state index is 0.123. The summed E-state index contributed by atoms with van der Waals surface area (Å²) in [5.41, 5.74) is 0.767. The van der Waals surface area contributed by atoms with Gasteiger partial charge in [-0.15, -0.1) is 0 Å². The minimum atomic E-state index is -0.571. The Morgan fingerprint density at radius 2 is 2.37 bits per heavy atom. The van der Waals surface area contributed by atoms with Crippen LogP contribution in [0.4, 0.5) is 11.5 Å². The molecule has 0 fully saturated rings. The zero-order valence-electron chi connectivity index (χ0n) is 9.99. The van der Waals surface area contributed by atoms with Crippen LogP contribution in [0.2, 0.25) is 0 Å². The number of hydrogen-bond acceptors (Lipinski definition) is 6. The van der Waals surface area contributed by atoms with Crippen LogP contribution in [0.1, 0.15) is 24.1 Å². The van der Waals surface area contributed by atoms with E-state index in [2.05, 4.69) is 20.5 Å². The average Bonchev–Trinajstić information content (AvgIpc) is 2.92. The van der Waals surface area contributed by atoms with Crippen molar-refractivity contribution in [2.75, 3.05) is 5.32 Å². The van der Waals surface area contributed by atoms with Gasteiger partial charge >= 0.3 is 5.69 Å². The molecule has 1 atom stereocenters. The molecule has 0 spiro atoms. The number of nitrogens with zero attached hydrogens (tertiary/aromatic N) is 4. The summed E-state index contributed by atoms with van der Waals surface area (Å²) in [4.78, 5) is 14.3. The van der Waals surface area contributed by atoms with E-state index < -0.39 is 4.92 Å². The number of pyridine rings is 1. The molecule has 8 nitrogen and oxygen atoms in total. The van der Waals surface area contributed by atoms with Gasteiger partial charge in [0.2, 0.25) is 5.82 Å². The molecule has 96 valence electrons. The van der Waals surface area contributed by atoms with Gasteiger partial charge in [-0.2, -0.15) is 10.4 Å². The third-order valence-electron chi connectivity index (χ3n) is 2.57. The van der Waals surface area contributed by atoms with Gasteiger partial charge in [-0.3, -0.25) is 15.2 Å². The molecule has 19 heavy (non-hydrogen) atoms. The number of hydrogen-bond donors (Lipinski definition) is 2. The lowest BCUT2D eigenvalue weighted by Gasteiger charge is -2.12. The Kier molecular flexibility index (Phi) is 3.38. The summed E-state index contributed by atoms with van der Waals surface area (Å²) in [5, 5.41) is 29.1. The number of aromatic nitrogens is 3. The molecule has 0 amide bonds. The first-order valence-corrected chi connectivity index (χ1v) is 5.41. The molecule has 0 bridgehead atoms. The van der Waals surface area contributed by atoms with Crippen LogP contribution in [-0.4, -0.2) is 20.1 Å². The average molecular weight is 258 g/mol. The maximum Gasteiger partial charge on any atom is 0.312 e. The summed E-state index contributed by atoms with van der Waals surface area (Å²) in [6, 6.07) is 2.82. The number of nitro groups is 1. The van der Waals surface area contributed by atoms with Crippen LogP contribution >= 0.6 is 0 Å². The van der Waals surface area contributed by atoms with Gasteiger partial charge in [0.1, 0.15) is 6.07 Å². The molecule has 2 rings (SSSR count). The van der Waals surface area contributed by atoms with Crippen molar-refractivity contribution >= 4 is 11.5 Å². The van der Waals surface area contributed by atoms with Crippen LogP contribution in [0.3, 0.4) is 0 Å². The highest BCUT2D eigenvalue weighted by molar-refractivity contribution is 5.59. The van der Waals surface area contributed by atoms with Gasteiger partial charge < -0.3 is 5.32 Å². The molecule has 0 radical (unpaired) electrons. The van der Waals surface area contributed by atoms with Gasteiger partial charge in [0.15, 0.2) is 0 Å². The molecule has 0 aliphatic heterocycles. The Morgan fingerprint density at radius 3 is 2.95 bits per heavy atom. The third-order valence-corrected chi connectivity index (χ3v) is 2.57. The SMILES string of the molecule is CC(Nc1ncc(C#N)cc1[N+](=O)[O-])c1cn[nH]c1. The number of nitriles is 1. The molecule has 2 aromatic heterocycles. The Bertz CT molecular complexity index is 631. The van der Waals surface area contributed by atoms with Gasteiger partial charge in [0.25, 0.3) is 0 Å². The lowest BCUT2D eigenvalue weighted by Crippen LogP contribution is -2.09. The molecule has 0 saturated carbocycles. The van der Waals surface area contributed by atoms with E-state index in [4.69, 9.17) is 5.26 Å². The summed E-state index contributed by atoms with van der Waals surface area (Å²) in [7, 11) is 0. The fourth-order valence-electron chi connectivity index (χ4n) is 1.55. The van der Waals surface area contributed by atoms with Gasteiger partial charge in [0, 0.05) is 24.0 Å². The van der Waals surface area contributed by atoms with Crippen molar-refractivity contribution < 1.29 is 4.92 Å². The van der Waals surface area contributed by atoms with Crippen molar-refractivity contribution in [2.24, 2.45) is 0 Å². The highest BCUT2D eigenvalue weighted by atomic mass is 16.6. The second-order valence-corrected chi connectivity index (χ2v) is 3.86. The molecular weight excluding hydrogens is 248 g/mol. The van der Waals surface area contributed by atoms with Gasteiger partial charge in [-0.1, -0.05) is 0 Å². The first-order chi connectivity index (χ1) is 9.11. The Balaban J connectivity index is 2.30. The quantitative estimate of drug-likeness (QED) is 0.636. The number of anilines is 1. The summed E-state index contributed by atoms with van der Waals surface area (Å²) in [5.74, 6) is 0.123. The predicted molar refractivity (Wildman–Crippen MR) is 66.2 cm³/mol. The molecule has 2 heterocycles. The van der Waals surface area contributed by atoms with Crippen LogP contribution in [0.15, 0.2) is 24.7 Å². The second-order valence-electron chi connectivity index (χ2n) is 3.86. The van der Waals surface area contributed by atoms with Gasteiger partial charge in [-0.05, 0) is 6.92 Å². The molecule has 0 saturated heterocycles. The molecule has 8 heteroatoms. The van der Waals surface area contributed by atoms with E-state index in [1.807, 2.05) is 13.0 Å². The van der Waals surface area contributed by atoms with Crippen molar-refractivity contribution in [1.82, 2.24) is 15.2 Å². The zero-order valence-corrected chi connectivity index (χ0v) is 9.99. The first kappa shape index (κ1) is 12.5. The predicted octanol–water partition coefficient (Wildman–Crippen LogP) is 1.76. The second kappa shape index (κ2) is 5.14. The van der Waals surface area contributed by atoms with Crippen molar-refractivity contribution in [1.29, 1.82) is 5.26 Å². The number of rotatable bonds is 4. The van der Waals surface area contributed by atoms with Gasteiger partial charge in [0.05, 0.1) is 22.7 Å². The zero-order chi connectivity index (χ0) is 13.8. The van der Waals surface area contributed by atoms with E-state index in [9.17, 15) is 10.1 Å². The van der Waals surface area contributed by atoms with Crippen LogP contribution in [0, 0.1) is 21.4 Å². The minimum Gasteiger partial charge on any atom is -0.358 e. The maximum atomic E-state index is 11.0. The molecular formula is C11H10N6O2. The van der Waals surface area contributed by atoms with Crippen molar-refractivity contribution in [3.8, 4) is 6.07 Å². The molecule has 2 aromatic rings. The molecule has 0 aliphatic rings. The normalized spacial score (nSPS) is 11.6. The van der Waals surface area contributed by atoms with E-state index in [0.717, 1.165) is 5.56 Å². The van der Waals surface area contributed by atoms with Crippen LogP contribution in [0.25, 0.3) is 0 Å². The monoisotopic (exact) mass is 258 g/mol. The van der Waals surface area contributed by atoms with E-state index >= 15 is 0 Å². The van der Waals surface area contributed by atoms with E-state index in [1.165, 1.54) is 12.3 Å². The number of nitrogens with one attached hydrogen (secondary N) is 2. The fourth-order valence-corrected chi connectivity index (χ4v) is 1.55. The number of aromatic amines is 1. The van der Waals surface area contributed by atoms with E-state index in [1.54, 1.807) is 12.4 Å². The summed E-state index contributed by atoms with van der Waals surface area (Å²) in [6.45, 7) is 1.83. The third kappa shape index (κ3) is 2.66. The lowest BCUT2D eigenvalue weighted by atomic mass is 10.2. The maximum absolute atomic E-state index is 11.0. The van der Waals surface area contributed by atoms with Crippen LogP contribution < -0.4 is 5.32 Å². The summed E-state index contributed by atoms with van der Waals surface area (Å²) >= 11 is 0. The topological polar surface area (TPSA) is 121 Å². The largest absolute Gasteiger partial charge is 0.358 e. The highest BCUT2D eigenvalue weighted by Gasteiger charge is 2.18. The Morgan fingerprint density at radius 1 is 1.58 bits per heavy atom. The van der Waals surface area contributed by atoms with E-state index in [0.29, 0.717) is 0 Å². The van der Waals surface area contributed by atoms with Crippen molar-refractivity contribution in [2.45, 2.75) is 13.0 Å². The van der Waals surface area contributed by atoms with Crippen molar-refractivity contribution in [3.63, 3.8) is 0 Å². The standard InChI is InChI=1S/C11H10N6O2/c1-7(9-5-14-15-6-9)16-11-10(17(18)19)2-8(3-12)4-13-11/h2,4-7H,1H3,(H,13,16)(H,14,15). The van der Waals surface area contributed by atoms with E-state index in [-0.39, 0.29) is 23.1 Å². The first-order valence-electron chi connectivity index (χ1n) is 5.41. The molecule has 0 aliphatic carbocycles. The highest BCUT2D eigenvalue weighted by Crippen LogP contribution is 2.26. The molecule has 2 N–H and O–H groups in total. The molecule has 0 aromatic carbocycles. The summed E-state index contributed by atoms with van der Waals surface area (Å²) < 4.78 is 0. The molecule has 1 unspecified atom stereocenters. The fraction of sp³-hybridized carbons (Fsp3) is 0.182. The van der Waals surface area contributed by atoms with Crippen molar-refractivity contribution in [3.05, 3.63) is 45.9 Å². The van der Waals surface area contributed by atoms with Crippen LogP contribution in [0.5, 0.6) is 0 Å². The Labute approximate surface area is 108 Å². The summed E-state index contributed by atoms with van der Waals surface area (Å²) in [6.07, 6.45) is 4.59. The smallest absolute Gasteiger partial charge is 0.312 e. The Hall–Kier alpha value is -2.95. The number of H-pyrrole nitrogens is 1. The lowest BCUT2D eigenvalue weighted by molar-refractivity contribution is -0.384. The van der Waals surface area contributed by atoms with Gasteiger partial charge in [-0.25, -0.2) is 4.98 Å².